The van der Waals surface area contributed by atoms with Crippen molar-refractivity contribution in [3.8, 4) is 0 Å². The molecule has 1 saturated heterocycles. The van der Waals surface area contributed by atoms with Gasteiger partial charge in [-0.25, -0.2) is 14.6 Å². The van der Waals surface area contributed by atoms with Gasteiger partial charge >= 0.3 is 12.1 Å². The van der Waals surface area contributed by atoms with E-state index >= 15 is 0 Å². The molecule has 1 fully saturated rings. The van der Waals surface area contributed by atoms with Crippen LogP contribution in [0.4, 0.5) is 9.93 Å². The Balaban J connectivity index is 2.06. The number of hydrogen-bond acceptors (Lipinski definition) is 14. The first-order chi connectivity index (χ1) is 22.5. The maximum absolute atomic E-state index is 13.6. The van der Waals surface area contributed by atoms with Crippen molar-refractivity contribution in [2.45, 2.75) is 116 Å². The Morgan fingerprint density at radius 1 is 1.06 bits per heavy atom. The van der Waals surface area contributed by atoms with Crippen LogP contribution in [-0.2, 0) is 38.2 Å². The van der Waals surface area contributed by atoms with Crippen LogP contribution < -0.4 is 21.3 Å². The van der Waals surface area contributed by atoms with Crippen LogP contribution in [0.3, 0.4) is 0 Å². The van der Waals surface area contributed by atoms with Gasteiger partial charge in [0, 0.05) is 33.2 Å². The summed E-state index contributed by atoms with van der Waals surface area (Å²) in [5.41, 5.74) is -3.49. The standard InChI is InChI=1S/C31H54N6O10SSi/c1-29(2,3)45-26(41)31(7,8)47-37-23(21-17-48-27(34-21)36-28(42)46-30(4,5)6)25(40)35-22-20(33-24(22)39)15-32-14-19(38)16-44-18-43-12-13-49(9,10)11/h17,19-20,22,32,38H,12-16,18H2,1-11H3,(H,33,39)(H,35,40)(H,34,36,42)/t19-,20+,22-/m0/s1. The van der Waals surface area contributed by atoms with Gasteiger partial charge in [-0.1, -0.05) is 24.8 Å². The van der Waals surface area contributed by atoms with Gasteiger partial charge in [0.15, 0.2) is 10.8 Å². The predicted molar refractivity (Wildman–Crippen MR) is 187 cm³/mol. The van der Waals surface area contributed by atoms with E-state index in [0.29, 0.717) is 6.61 Å². The molecule has 0 bridgehead atoms. The number of esters is 1. The van der Waals surface area contributed by atoms with Crippen LogP contribution in [0.25, 0.3) is 0 Å². The molecule has 1 aromatic rings. The summed E-state index contributed by atoms with van der Waals surface area (Å²) >= 11 is 1.00. The molecule has 278 valence electrons. The van der Waals surface area contributed by atoms with Crippen molar-refractivity contribution in [3.05, 3.63) is 11.1 Å². The molecule has 49 heavy (non-hydrogen) atoms. The summed E-state index contributed by atoms with van der Waals surface area (Å²) < 4.78 is 21.5. The summed E-state index contributed by atoms with van der Waals surface area (Å²) in [6, 6.07) is -0.434. The third-order valence-electron chi connectivity index (χ3n) is 6.34. The number of aromatic nitrogens is 1. The molecule has 1 aliphatic heterocycles. The fourth-order valence-corrected chi connectivity index (χ4v) is 5.20. The summed E-state index contributed by atoms with van der Waals surface area (Å²) in [6.07, 6.45) is -1.57. The molecule has 3 atom stereocenters. The second kappa shape index (κ2) is 17.7. The molecule has 0 saturated carbocycles. The zero-order valence-electron chi connectivity index (χ0n) is 30.5. The molecule has 3 amide bonds. The molecule has 2 rings (SSSR count). The molecule has 16 nitrogen and oxygen atoms in total. The van der Waals surface area contributed by atoms with Gasteiger partial charge in [-0.05, 0) is 61.4 Å². The van der Waals surface area contributed by atoms with Crippen LogP contribution in [0.5, 0.6) is 0 Å². The van der Waals surface area contributed by atoms with Gasteiger partial charge < -0.3 is 44.8 Å². The summed E-state index contributed by atoms with van der Waals surface area (Å²) in [5, 5.41) is 26.7. The first-order valence-corrected chi connectivity index (χ1v) is 20.7. The van der Waals surface area contributed by atoms with Crippen molar-refractivity contribution in [3.63, 3.8) is 0 Å². The van der Waals surface area contributed by atoms with Crippen LogP contribution in [0.1, 0.15) is 61.1 Å². The molecule has 0 aliphatic carbocycles. The maximum Gasteiger partial charge on any atom is 0.413 e. The van der Waals surface area contributed by atoms with E-state index in [1.165, 1.54) is 19.2 Å². The molecule has 1 aromatic heterocycles. The molecule has 0 aromatic carbocycles. The molecule has 0 spiro atoms. The molecule has 0 unspecified atom stereocenters. The van der Waals surface area contributed by atoms with Gasteiger partial charge in [0.1, 0.15) is 29.7 Å². The Hall–Kier alpha value is -3.16. The van der Waals surface area contributed by atoms with E-state index in [-0.39, 0.29) is 43.0 Å². The van der Waals surface area contributed by atoms with E-state index in [1.807, 2.05) is 0 Å². The van der Waals surface area contributed by atoms with E-state index in [4.69, 9.17) is 23.8 Å². The van der Waals surface area contributed by atoms with Crippen molar-refractivity contribution >= 4 is 54.1 Å². The highest BCUT2D eigenvalue weighted by Crippen LogP contribution is 2.21. The van der Waals surface area contributed by atoms with Gasteiger partial charge in [0.05, 0.1) is 18.8 Å². The van der Waals surface area contributed by atoms with Crippen molar-refractivity contribution in [1.82, 2.24) is 20.9 Å². The first kappa shape index (κ1) is 42.0. The van der Waals surface area contributed by atoms with Gasteiger partial charge in [-0.2, -0.15) is 0 Å². The quantitative estimate of drug-likeness (QED) is 0.0281. The van der Waals surface area contributed by atoms with E-state index < -0.39 is 66.9 Å². The second-order valence-electron chi connectivity index (χ2n) is 15.3. The highest BCUT2D eigenvalue weighted by atomic mass is 32.1. The van der Waals surface area contributed by atoms with E-state index in [2.05, 4.69) is 51.0 Å². The largest absolute Gasteiger partial charge is 0.457 e. The van der Waals surface area contributed by atoms with Crippen molar-refractivity contribution in [2.24, 2.45) is 5.16 Å². The second-order valence-corrected chi connectivity index (χ2v) is 21.8. The lowest BCUT2D eigenvalue weighted by molar-refractivity contribution is -0.179. The number of aliphatic hydroxyl groups excluding tert-OH is 1. The number of aliphatic hydroxyl groups is 1. The van der Waals surface area contributed by atoms with Crippen molar-refractivity contribution in [1.29, 1.82) is 0 Å². The number of amides is 3. The Morgan fingerprint density at radius 3 is 2.31 bits per heavy atom. The van der Waals surface area contributed by atoms with Gasteiger partial charge in [0.25, 0.3) is 5.91 Å². The van der Waals surface area contributed by atoms with Crippen LogP contribution in [-0.4, -0.2) is 116 Å². The summed E-state index contributed by atoms with van der Waals surface area (Å²) in [5.74, 6) is -1.97. The number of β-lactam (4-membered cyclic amide) rings is 1. The summed E-state index contributed by atoms with van der Waals surface area (Å²) in [4.78, 5) is 60.8. The predicted octanol–water partition coefficient (Wildman–Crippen LogP) is 2.59. The van der Waals surface area contributed by atoms with Gasteiger partial charge in [-0.15, -0.1) is 11.3 Å². The maximum atomic E-state index is 13.6. The Kier molecular flexibility index (Phi) is 15.1. The molecule has 0 radical (unpaired) electrons. The van der Waals surface area contributed by atoms with E-state index in [0.717, 1.165) is 17.4 Å². The number of anilines is 1. The summed E-state index contributed by atoms with van der Waals surface area (Å²) in [6.45, 7) is 21.0. The Labute approximate surface area is 293 Å². The number of hydrogen-bond donors (Lipinski definition) is 5. The van der Waals surface area contributed by atoms with Crippen LogP contribution >= 0.6 is 11.3 Å². The normalized spacial score (nSPS) is 17.8. The van der Waals surface area contributed by atoms with Crippen molar-refractivity contribution in [2.75, 3.05) is 38.4 Å². The number of nitrogens with one attached hydrogen (secondary N) is 4. The molecule has 2 heterocycles. The lowest BCUT2D eigenvalue weighted by Crippen LogP contribution is -2.72. The number of carbonyl (C=O) groups is 4. The van der Waals surface area contributed by atoms with E-state index in [9.17, 15) is 24.3 Å². The third-order valence-corrected chi connectivity index (χ3v) is 8.80. The van der Waals surface area contributed by atoms with Gasteiger partial charge in [0.2, 0.25) is 11.5 Å². The Bertz CT molecular complexity index is 1320. The molecule has 5 N–H and O–H groups in total. The third kappa shape index (κ3) is 15.9. The number of oxime groups is 1. The molecule has 18 heteroatoms. The lowest BCUT2D eigenvalue weighted by atomic mass is 9.98. The fraction of sp³-hybridized carbons (Fsp3) is 0.742. The van der Waals surface area contributed by atoms with E-state index in [1.54, 1.807) is 41.5 Å². The summed E-state index contributed by atoms with van der Waals surface area (Å²) in [7, 11) is -1.19. The number of carbonyl (C=O) groups excluding carboxylic acids is 4. The fourth-order valence-electron chi connectivity index (χ4n) is 3.77. The first-order valence-electron chi connectivity index (χ1n) is 16.1. The average molecular weight is 731 g/mol. The monoisotopic (exact) mass is 730 g/mol. The minimum Gasteiger partial charge on any atom is -0.457 e. The highest BCUT2D eigenvalue weighted by Gasteiger charge is 2.41. The van der Waals surface area contributed by atoms with Crippen LogP contribution in [0, 0.1) is 0 Å². The topological polar surface area (TPSA) is 208 Å². The molecule has 1 aliphatic rings. The van der Waals surface area contributed by atoms with Crippen LogP contribution in [0.2, 0.25) is 25.7 Å². The SMILES string of the molecule is CC(C)(C)OC(=O)Nc1nc(C(=NOC(C)(C)C(=O)OC(C)(C)C)C(=O)N[C@@H]2C(=O)N[C@@H]2CNC[C@H](O)COCOCC[Si](C)(C)C)cs1. The number of rotatable bonds is 18. The Morgan fingerprint density at radius 2 is 1.71 bits per heavy atom. The smallest absolute Gasteiger partial charge is 0.413 e. The van der Waals surface area contributed by atoms with Gasteiger partial charge in [-0.3, -0.25) is 14.9 Å². The number of ether oxygens (including phenoxy) is 4. The van der Waals surface area contributed by atoms with Crippen LogP contribution in [0.15, 0.2) is 10.5 Å². The minimum atomic E-state index is -1.60. The zero-order valence-corrected chi connectivity index (χ0v) is 32.3. The number of thiazole rings is 1. The lowest BCUT2D eigenvalue weighted by Gasteiger charge is -2.37. The zero-order chi connectivity index (χ0) is 37.2. The molecular formula is C31H54N6O10SSi. The highest BCUT2D eigenvalue weighted by molar-refractivity contribution is 7.14. The molecular weight excluding hydrogens is 677 g/mol. The average Bonchev–Trinajstić information content (AvgIpc) is 3.38. The van der Waals surface area contributed by atoms with Crippen molar-refractivity contribution < 1.29 is 48.1 Å². The minimum absolute atomic E-state index is 0.00976. The number of nitrogens with zero attached hydrogens (tertiary/aromatic N) is 2.